The Morgan fingerprint density at radius 3 is 2.68 bits per heavy atom. The maximum absolute atomic E-state index is 12.2. The number of nitrogens with zero attached hydrogens (tertiary/aromatic N) is 2. The lowest BCUT2D eigenvalue weighted by atomic mass is 10.2. The number of aromatic nitrogens is 1. The maximum atomic E-state index is 12.2. The van der Waals surface area contributed by atoms with Gasteiger partial charge in [0.15, 0.2) is 11.5 Å². The first-order valence-electron chi connectivity index (χ1n) is 7.22. The zero-order valence-electron chi connectivity index (χ0n) is 13.3. The lowest BCUT2D eigenvalue weighted by Gasteiger charge is -2.22. The van der Waals surface area contributed by atoms with E-state index < -0.39 is 15.9 Å². The summed E-state index contributed by atoms with van der Waals surface area (Å²) in [6.45, 7) is 0.104. The molecule has 0 bridgehead atoms. The van der Waals surface area contributed by atoms with Crippen LogP contribution in [0.1, 0.15) is 16.1 Å². The molecule has 0 saturated heterocycles. The molecule has 1 aliphatic heterocycles. The summed E-state index contributed by atoms with van der Waals surface area (Å²) in [5.74, 6) is 5.63. The molecular weight excluding hydrogens is 348 g/mol. The zero-order valence-corrected chi connectivity index (χ0v) is 14.1. The molecule has 2 aromatic rings. The van der Waals surface area contributed by atoms with Crippen molar-refractivity contribution in [2.75, 3.05) is 17.4 Å². The third-order valence-corrected chi connectivity index (χ3v) is 4.71. The van der Waals surface area contributed by atoms with Crippen molar-refractivity contribution < 1.29 is 22.7 Å². The Balaban J connectivity index is 1.89. The Morgan fingerprint density at radius 2 is 2.04 bits per heavy atom. The summed E-state index contributed by atoms with van der Waals surface area (Å²) in [5, 5.41) is 0. The highest BCUT2D eigenvalue weighted by Gasteiger charge is 2.22. The largest absolute Gasteiger partial charge is 0.454 e. The highest BCUT2D eigenvalue weighted by Crippen LogP contribution is 2.36. The van der Waals surface area contributed by atoms with Crippen molar-refractivity contribution in [3.05, 3.63) is 47.8 Å². The molecule has 132 valence electrons. The number of nitrogens with one attached hydrogen (secondary N) is 1. The molecule has 0 aliphatic carbocycles. The van der Waals surface area contributed by atoms with Gasteiger partial charge in [0, 0.05) is 12.3 Å². The van der Waals surface area contributed by atoms with Gasteiger partial charge in [0.05, 0.1) is 29.7 Å². The highest BCUT2D eigenvalue weighted by atomic mass is 32.2. The monoisotopic (exact) mass is 364 g/mol. The summed E-state index contributed by atoms with van der Waals surface area (Å²) >= 11 is 0. The van der Waals surface area contributed by atoms with E-state index in [9.17, 15) is 13.2 Å². The van der Waals surface area contributed by atoms with E-state index in [4.69, 9.17) is 15.3 Å². The van der Waals surface area contributed by atoms with Crippen molar-refractivity contribution in [1.29, 1.82) is 0 Å². The van der Waals surface area contributed by atoms with Gasteiger partial charge in [-0.05, 0) is 24.3 Å². The molecule has 10 heteroatoms. The number of amides is 1. The van der Waals surface area contributed by atoms with Crippen molar-refractivity contribution in [3.63, 3.8) is 0 Å². The standard InChI is InChI=1S/C15H16N4O5S/c1-25(21,22)19(12-4-5-13-14(6-12)24-9-23-13)8-11-3-2-10(7-17-11)15(20)18-16/h2-7H,8-9,16H2,1H3,(H,18,20). The second-order valence-electron chi connectivity index (χ2n) is 5.32. The Labute approximate surface area is 144 Å². The van der Waals surface area contributed by atoms with Crippen LogP contribution < -0.4 is 25.0 Å². The van der Waals surface area contributed by atoms with Crippen LogP contribution in [0.4, 0.5) is 5.69 Å². The van der Waals surface area contributed by atoms with Crippen molar-refractivity contribution in [2.45, 2.75) is 6.54 Å². The molecule has 1 amide bonds. The molecule has 1 aromatic carbocycles. The maximum Gasteiger partial charge on any atom is 0.266 e. The van der Waals surface area contributed by atoms with E-state index in [0.717, 1.165) is 6.26 Å². The average molecular weight is 364 g/mol. The number of nitrogen functional groups attached to an aromatic ring is 1. The number of hydrogen-bond donors (Lipinski definition) is 2. The lowest BCUT2D eigenvalue weighted by Crippen LogP contribution is -2.31. The van der Waals surface area contributed by atoms with E-state index >= 15 is 0 Å². The molecule has 0 spiro atoms. The second-order valence-corrected chi connectivity index (χ2v) is 7.23. The Bertz CT molecular complexity index is 899. The van der Waals surface area contributed by atoms with Crippen LogP contribution in [-0.4, -0.2) is 32.4 Å². The summed E-state index contributed by atoms with van der Waals surface area (Å²) in [5.41, 5.74) is 3.18. The summed E-state index contributed by atoms with van der Waals surface area (Å²) in [7, 11) is -3.57. The van der Waals surface area contributed by atoms with Gasteiger partial charge >= 0.3 is 0 Å². The summed E-state index contributed by atoms with van der Waals surface area (Å²) < 4.78 is 36.1. The molecule has 3 N–H and O–H groups in total. The van der Waals surface area contributed by atoms with E-state index in [1.165, 1.54) is 16.6 Å². The van der Waals surface area contributed by atoms with Crippen LogP contribution in [0.15, 0.2) is 36.5 Å². The SMILES string of the molecule is CS(=O)(=O)N(Cc1ccc(C(=O)NN)cn1)c1ccc2c(c1)OCO2. The van der Waals surface area contributed by atoms with Gasteiger partial charge in [-0.25, -0.2) is 14.3 Å². The molecule has 0 atom stereocenters. The molecule has 0 fully saturated rings. The number of hydrogen-bond acceptors (Lipinski definition) is 7. The van der Waals surface area contributed by atoms with E-state index in [1.54, 1.807) is 24.3 Å². The number of rotatable bonds is 5. The van der Waals surface area contributed by atoms with Crippen molar-refractivity contribution >= 4 is 21.6 Å². The van der Waals surface area contributed by atoms with Crippen molar-refractivity contribution in [3.8, 4) is 11.5 Å². The fraction of sp³-hybridized carbons (Fsp3) is 0.200. The lowest BCUT2D eigenvalue weighted by molar-refractivity contribution is 0.0953. The van der Waals surface area contributed by atoms with Crippen LogP contribution in [-0.2, 0) is 16.6 Å². The van der Waals surface area contributed by atoms with Crippen LogP contribution in [0.5, 0.6) is 11.5 Å². The van der Waals surface area contributed by atoms with Gasteiger partial charge in [-0.1, -0.05) is 0 Å². The molecule has 0 unspecified atom stereocenters. The Hall–Kier alpha value is -2.85. The van der Waals surface area contributed by atoms with Crippen LogP contribution in [0.3, 0.4) is 0 Å². The van der Waals surface area contributed by atoms with Crippen molar-refractivity contribution in [2.24, 2.45) is 5.84 Å². The third-order valence-electron chi connectivity index (χ3n) is 3.57. The third kappa shape index (κ3) is 3.64. The minimum atomic E-state index is -3.57. The zero-order chi connectivity index (χ0) is 18.0. The van der Waals surface area contributed by atoms with Crippen LogP contribution in [0, 0.1) is 0 Å². The minimum absolute atomic E-state index is 0.00298. The predicted octanol–water partition coefficient (Wildman–Crippen LogP) is 0.380. The number of nitrogens with two attached hydrogens (primary N) is 1. The first-order chi connectivity index (χ1) is 11.9. The van der Waals surface area contributed by atoms with E-state index in [1.807, 2.05) is 5.43 Å². The quantitative estimate of drug-likeness (QED) is 0.446. The van der Waals surface area contributed by atoms with E-state index in [-0.39, 0.29) is 18.9 Å². The van der Waals surface area contributed by atoms with Gasteiger partial charge in [-0.2, -0.15) is 0 Å². The molecule has 2 heterocycles. The molecule has 0 radical (unpaired) electrons. The predicted molar refractivity (Wildman–Crippen MR) is 89.5 cm³/mol. The van der Waals surface area contributed by atoms with Gasteiger partial charge in [0.1, 0.15) is 0 Å². The van der Waals surface area contributed by atoms with Gasteiger partial charge in [0.25, 0.3) is 5.91 Å². The second kappa shape index (κ2) is 6.57. The Kier molecular flexibility index (Phi) is 4.47. The smallest absolute Gasteiger partial charge is 0.266 e. The number of pyridine rings is 1. The fourth-order valence-electron chi connectivity index (χ4n) is 2.32. The molecule has 25 heavy (non-hydrogen) atoms. The van der Waals surface area contributed by atoms with Gasteiger partial charge in [0.2, 0.25) is 16.8 Å². The number of carbonyl (C=O) groups is 1. The number of fused-ring (bicyclic) bond motifs is 1. The van der Waals surface area contributed by atoms with Gasteiger partial charge in [-0.15, -0.1) is 0 Å². The van der Waals surface area contributed by atoms with Crippen LogP contribution in [0.2, 0.25) is 0 Å². The average Bonchev–Trinajstić information content (AvgIpc) is 3.06. The molecule has 9 nitrogen and oxygen atoms in total. The molecule has 0 saturated carbocycles. The van der Waals surface area contributed by atoms with Gasteiger partial charge in [-0.3, -0.25) is 19.5 Å². The molecule has 1 aliphatic rings. The normalized spacial score (nSPS) is 12.7. The van der Waals surface area contributed by atoms with Gasteiger partial charge < -0.3 is 9.47 Å². The molecular formula is C15H16N4O5S. The number of hydrazine groups is 1. The fourth-order valence-corrected chi connectivity index (χ4v) is 3.19. The van der Waals surface area contributed by atoms with E-state index in [0.29, 0.717) is 22.9 Å². The first kappa shape index (κ1) is 17.0. The summed E-state index contributed by atoms with van der Waals surface area (Å²) in [6.07, 6.45) is 2.44. The van der Waals surface area contributed by atoms with Crippen LogP contribution >= 0.6 is 0 Å². The number of ether oxygens (including phenoxy) is 2. The topological polar surface area (TPSA) is 124 Å². The molecule has 1 aromatic heterocycles. The highest BCUT2D eigenvalue weighted by molar-refractivity contribution is 7.92. The molecule has 3 rings (SSSR count). The number of sulfonamides is 1. The first-order valence-corrected chi connectivity index (χ1v) is 9.06. The summed E-state index contributed by atoms with van der Waals surface area (Å²) in [6, 6.07) is 7.96. The Morgan fingerprint density at radius 1 is 1.28 bits per heavy atom. The van der Waals surface area contributed by atoms with E-state index in [2.05, 4.69) is 4.98 Å². The number of benzene rings is 1. The van der Waals surface area contributed by atoms with Crippen LogP contribution in [0.25, 0.3) is 0 Å². The van der Waals surface area contributed by atoms with Crippen molar-refractivity contribution in [1.82, 2.24) is 10.4 Å². The minimum Gasteiger partial charge on any atom is -0.454 e. The number of anilines is 1. The number of carbonyl (C=O) groups excluding carboxylic acids is 1. The summed E-state index contributed by atoms with van der Waals surface area (Å²) in [4.78, 5) is 15.5.